The lowest BCUT2D eigenvalue weighted by Gasteiger charge is -2.25. The third-order valence-corrected chi connectivity index (χ3v) is 4.16. The van der Waals surface area contributed by atoms with Crippen molar-refractivity contribution in [2.24, 2.45) is 5.41 Å². The normalized spacial score (nSPS) is 21.8. The lowest BCUT2D eigenvalue weighted by Crippen LogP contribution is -2.37. The molecule has 1 aromatic carbocycles. The zero-order valence-corrected chi connectivity index (χ0v) is 12.6. The summed E-state index contributed by atoms with van der Waals surface area (Å²) in [5, 5.41) is 6.37. The predicted octanol–water partition coefficient (Wildman–Crippen LogP) is 2.72. The minimum absolute atomic E-state index is 0.122. The number of carbonyl (C=O) groups excluding carboxylic acids is 1. The first-order valence-electron chi connectivity index (χ1n) is 7.37. The van der Waals surface area contributed by atoms with E-state index >= 15 is 0 Å². The minimum Gasteiger partial charge on any atom is -0.494 e. The van der Waals surface area contributed by atoms with E-state index in [1.807, 2.05) is 32.0 Å². The number of carbonyl (C=O) groups is 1. The maximum absolute atomic E-state index is 12.5. The Morgan fingerprint density at radius 2 is 2.25 bits per heavy atom. The van der Waals surface area contributed by atoms with Crippen LogP contribution in [0.2, 0.25) is 0 Å². The molecule has 1 atom stereocenters. The molecule has 0 spiro atoms. The van der Waals surface area contributed by atoms with E-state index in [9.17, 15) is 4.79 Å². The van der Waals surface area contributed by atoms with Gasteiger partial charge in [0.15, 0.2) is 0 Å². The third kappa shape index (κ3) is 2.96. The van der Waals surface area contributed by atoms with E-state index in [4.69, 9.17) is 4.74 Å². The Hall–Kier alpha value is -1.55. The van der Waals surface area contributed by atoms with E-state index in [1.165, 1.54) is 0 Å². The van der Waals surface area contributed by atoms with Crippen molar-refractivity contribution >= 4 is 11.6 Å². The van der Waals surface area contributed by atoms with Gasteiger partial charge in [-0.2, -0.15) is 0 Å². The largest absolute Gasteiger partial charge is 0.494 e. The number of hydrogen-bond donors (Lipinski definition) is 2. The molecule has 1 unspecified atom stereocenters. The molecule has 1 aliphatic rings. The minimum atomic E-state index is -0.259. The Balaban J connectivity index is 2.11. The lowest BCUT2D eigenvalue weighted by atomic mass is 9.83. The molecule has 1 fully saturated rings. The Kier molecular flexibility index (Phi) is 4.65. The van der Waals surface area contributed by atoms with Gasteiger partial charge in [0, 0.05) is 12.2 Å². The van der Waals surface area contributed by atoms with Crippen molar-refractivity contribution in [2.45, 2.75) is 33.6 Å². The number of benzene rings is 1. The third-order valence-electron chi connectivity index (χ3n) is 4.16. The molecule has 0 bridgehead atoms. The summed E-state index contributed by atoms with van der Waals surface area (Å²) in [6.45, 7) is 8.37. The fraction of sp³-hybridized carbons (Fsp3) is 0.562. The number of nitrogens with one attached hydrogen (secondary N) is 2. The average Bonchev–Trinajstić information content (AvgIpc) is 2.92. The van der Waals surface area contributed by atoms with E-state index in [0.717, 1.165) is 42.9 Å². The van der Waals surface area contributed by atoms with Gasteiger partial charge in [-0.15, -0.1) is 0 Å². The van der Waals surface area contributed by atoms with E-state index in [1.54, 1.807) is 0 Å². The molecular weight excluding hydrogens is 252 g/mol. The summed E-state index contributed by atoms with van der Waals surface area (Å²) in [7, 11) is 0. The molecule has 1 saturated heterocycles. The number of amides is 1. The fourth-order valence-corrected chi connectivity index (χ4v) is 2.69. The van der Waals surface area contributed by atoms with Crippen molar-refractivity contribution in [3.8, 4) is 5.75 Å². The van der Waals surface area contributed by atoms with Crippen LogP contribution in [0.25, 0.3) is 0 Å². The predicted molar refractivity (Wildman–Crippen MR) is 81.2 cm³/mol. The van der Waals surface area contributed by atoms with Crippen LogP contribution in [-0.2, 0) is 4.79 Å². The van der Waals surface area contributed by atoms with Crippen molar-refractivity contribution < 1.29 is 9.53 Å². The van der Waals surface area contributed by atoms with Crippen LogP contribution in [0.4, 0.5) is 5.69 Å². The highest BCUT2D eigenvalue weighted by molar-refractivity contribution is 5.96. The summed E-state index contributed by atoms with van der Waals surface area (Å²) in [6, 6.07) is 5.78. The topological polar surface area (TPSA) is 50.4 Å². The molecule has 1 aliphatic heterocycles. The van der Waals surface area contributed by atoms with Crippen LogP contribution in [0.15, 0.2) is 18.2 Å². The second-order valence-corrected chi connectivity index (χ2v) is 5.42. The quantitative estimate of drug-likeness (QED) is 0.869. The number of hydrogen-bond acceptors (Lipinski definition) is 3. The van der Waals surface area contributed by atoms with Crippen molar-refractivity contribution in [2.75, 3.05) is 25.0 Å². The first kappa shape index (κ1) is 14.9. The molecule has 0 radical (unpaired) electrons. The molecule has 2 rings (SSSR count). The van der Waals surface area contributed by atoms with Gasteiger partial charge in [0.25, 0.3) is 0 Å². The van der Waals surface area contributed by atoms with Gasteiger partial charge in [-0.1, -0.05) is 6.92 Å². The van der Waals surface area contributed by atoms with Gasteiger partial charge >= 0.3 is 0 Å². The van der Waals surface area contributed by atoms with Crippen molar-refractivity contribution in [3.05, 3.63) is 23.8 Å². The maximum Gasteiger partial charge on any atom is 0.231 e. The van der Waals surface area contributed by atoms with Crippen LogP contribution >= 0.6 is 0 Å². The molecule has 4 heteroatoms. The second-order valence-electron chi connectivity index (χ2n) is 5.42. The van der Waals surface area contributed by atoms with Crippen molar-refractivity contribution in [1.29, 1.82) is 0 Å². The molecule has 1 aromatic rings. The molecule has 1 heterocycles. The van der Waals surface area contributed by atoms with Gasteiger partial charge in [0.1, 0.15) is 5.75 Å². The van der Waals surface area contributed by atoms with Crippen LogP contribution in [0.3, 0.4) is 0 Å². The van der Waals surface area contributed by atoms with Gasteiger partial charge in [-0.3, -0.25) is 4.79 Å². The van der Waals surface area contributed by atoms with E-state index in [2.05, 4.69) is 17.6 Å². The Morgan fingerprint density at radius 1 is 1.45 bits per heavy atom. The Labute approximate surface area is 120 Å². The smallest absolute Gasteiger partial charge is 0.231 e. The van der Waals surface area contributed by atoms with Crippen LogP contribution in [0, 0.1) is 12.3 Å². The van der Waals surface area contributed by atoms with Gasteiger partial charge in [-0.05, 0) is 57.0 Å². The first-order valence-corrected chi connectivity index (χ1v) is 7.37. The first-order chi connectivity index (χ1) is 9.61. The Bertz CT molecular complexity index is 479. The van der Waals surface area contributed by atoms with Gasteiger partial charge in [0.2, 0.25) is 5.91 Å². The highest BCUT2D eigenvalue weighted by atomic mass is 16.5. The number of aryl methyl sites for hydroxylation is 1. The summed E-state index contributed by atoms with van der Waals surface area (Å²) in [5.74, 6) is 0.966. The summed E-state index contributed by atoms with van der Waals surface area (Å²) < 4.78 is 5.46. The second kappa shape index (κ2) is 6.27. The summed E-state index contributed by atoms with van der Waals surface area (Å²) in [4.78, 5) is 12.5. The van der Waals surface area contributed by atoms with Crippen LogP contribution in [0.1, 0.15) is 32.3 Å². The van der Waals surface area contributed by atoms with Gasteiger partial charge in [-0.25, -0.2) is 0 Å². The lowest BCUT2D eigenvalue weighted by molar-refractivity contribution is -0.124. The number of anilines is 1. The monoisotopic (exact) mass is 276 g/mol. The molecule has 2 N–H and O–H groups in total. The maximum atomic E-state index is 12.5. The molecule has 110 valence electrons. The molecular formula is C16H24N2O2. The van der Waals surface area contributed by atoms with Gasteiger partial charge < -0.3 is 15.4 Å². The summed E-state index contributed by atoms with van der Waals surface area (Å²) in [5.41, 5.74) is 1.64. The van der Waals surface area contributed by atoms with E-state index in [-0.39, 0.29) is 11.3 Å². The van der Waals surface area contributed by atoms with Crippen molar-refractivity contribution in [3.63, 3.8) is 0 Å². The number of ether oxygens (including phenoxy) is 1. The van der Waals surface area contributed by atoms with E-state index in [0.29, 0.717) is 6.61 Å². The Morgan fingerprint density at radius 3 is 2.80 bits per heavy atom. The molecule has 4 nitrogen and oxygen atoms in total. The average molecular weight is 276 g/mol. The molecule has 20 heavy (non-hydrogen) atoms. The van der Waals surface area contributed by atoms with Crippen LogP contribution in [-0.4, -0.2) is 25.6 Å². The molecule has 0 saturated carbocycles. The van der Waals surface area contributed by atoms with E-state index < -0.39 is 0 Å². The SMILES string of the molecule is CCOc1ccc(NC(=O)C2(CC)CCNC2)c(C)c1. The highest BCUT2D eigenvalue weighted by Gasteiger charge is 2.39. The molecule has 0 aromatic heterocycles. The van der Waals surface area contributed by atoms with Crippen LogP contribution < -0.4 is 15.4 Å². The zero-order chi connectivity index (χ0) is 14.6. The fourth-order valence-electron chi connectivity index (χ4n) is 2.69. The highest BCUT2D eigenvalue weighted by Crippen LogP contribution is 2.32. The van der Waals surface area contributed by atoms with Crippen LogP contribution in [0.5, 0.6) is 5.75 Å². The zero-order valence-electron chi connectivity index (χ0n) is 12.6. The standard InChI is InChI=1S/C16H24N2O2/c1-4-16(8-9-17-11-16)15(19)18-14-7-6-13(20-5-2)10-12(14)3/h6-7,10,17H,4-5,8-9,11H2,1-3H3,(H,18,19). The summed E-state index contributed by atoms with van der Waals surface area (Å²) in [6.07, 6.45) is 1.77. The molecule has 0 aliphatic carbocycles. The van der Waals surface area contributed by atoms with Gasteiger partial charge in [0.05, 0.1) is 12.0 Å². The van der Waals surface area contributed by atoms with Crippen molar-refractivity contribution in [1.82, 2.24) is 5.32 Å². The number of rotatable bonds is 5. The molecule has 1 amide bonds. The summed E-state index contributed by atoms with van der Waals surface area (Å²) >= 11 is 0.